The molecule has 0 aliphatic carbocycles. The Morgan fingerprint density at radius 2 is 2.21 bits per heavy atom. The lowest BCUT2D eigenvalue weighted by Gasteiger charge is -2.36. The number of primary amides is 1. The Morgan fingerprint density at radius 3 is 2.83 bits per heavy atom. The number of piperazine rings is 1. The minimum Gasteiger partial charge on any atom is -0.366 e. The zero-order valence-corrected chi connectivity index (χ0v) is 14.1. The molecular formula is C16H20ClN5O2. The van der Waals surface area contributed by atoms with Crippen LogP contribution in [0.25, 0.3) is 0 Å². The molecular weight excluding hydrogens is 330 g/mol. The summed E-state index contributed by atoms with van der Waals surface area (Å²) < 4.78 is 1.64. The fraction of sp³-hybridized carbons (Fsp3) is 0.312. The molecule has 1 aliphatic rings. The quantitative estimate of drug-likeness (QED) is 0.854. The normalized spacial score (nSPS) is 17.2. The monoisotopic (exact) mass is 349 g/mol. The van der Waals surface area contributed by atoms with Gasteiger partial charge in [-0.25, -0.2) is 0 Å². The number of amides is 2. The number of nitrogens with two attached hydrogens (primary N) is 1. The van der Waals surface area contributed by atoms with E-state index in [1.54, 1.807) is 36.3 Å². The van der Waals surface area contributed by atoms with E-state index in [0.717, 1.165) is 12.1 Å². The van der Waals surface area contributed by atoms with E-state index in [2.05, 4.69) is 10.3 Å². The summed E-state index contributed by atoms with van der Waals surface area (Å²) in [6.45, 7) is 2.00. The van der Waals surface area contributed by atoms with Gasteiger partial charge >= 0.3 is 0 Å². The van der Waals surface area contributed by atoms with Gasteiger partial charge < -0.3 is 20.5 Å². The number of pyridine rings is 1. The van der Waals surface area contributed by atoms with Gasteiger partial charge in [-0.15, -0.1) is 12.4 Å². The summed E-state index contributed by atoms with van der Waals surface area (Å²) in [5.41, 5.74) is 7.07. The molecule has 3 heterocycles. The summed E-state index contributed by atoms with van der Waals surface area (Å²) in [5.74, 6) is -0.654. The molecule has 0 bridgehead atoms. The largest absolute Gasteiger partial charge is 0.366 e. The van der Waals surface area contributed by atoms with Gasteiger partial charge in [0, 0.05) is 45.3 Å². The first-order valence-electron chi connectivity index (χ1n) is 7.45. The predicted molar refractivity (Wildman–Crippen MR) is 92.1 cm³/mol. The highest BCUT2D eigenvalue weighted by atomic mass is 35.5. The van der Waals surface area contributed by atoms with Crippen molar-refractivity contribution in [1.82, 2.24) is 19.8 Å². The van der Waals surface area contributed by atoms with Crippen molar-refractivity contribution < 1.29 is 9.59 Å². The molecule has 1 aliphatic heterocycles. The molecule has 2 aromatic rings. The van der Waals surface area contributed by atoms with E-state index in [4.69, 9.17) is 5.73 Å². The number of aromatic nitrogens is 2. The Morgan fingerprint density at radius 1 is 1.42 bits per heavy atom. The maximum atomic E-state index is 12.9. The van der Waals surface area contributed by atoms with Crippen LogP contribution in [-0.2, 0) is 7.05 Å². The van der Waals surface area contributed by atoms with Crippen molar-refractivity contribution >= 4 is 24.2 Å². The number of carbonyl (C=O) groups excluding carboxylic acids is 2. The predicted octanol–water partition coefficient (Wildman–Crippen LogP) is 0.727. The minimum atomic E-state index is -0.538. The third-order valence-corrected chi connectivity index (χ3v) is 4.08. The summed E-state index contributed by atoms with van der Waals surface area (Å²) in [6.07, 6.45) is 5.07. The lowest BCUT2D eigenvalue weighted by Crippen LogP contribution is -2.49. The molecule has 0 radical (unpaired) electrons. The van der Waals surface area contributed by atoms with Crippen LogP contribution in [0, 0.1) is 0 Å². The first kappa shape index (κ1) is 18.0. The van der Waals surface area contributed by atoms with E-state index in [9.17, 15) is 9.59 Å². The summed E-state index contributed by atoms with van der Waals surface area (Å²) >= 11 is 0. The molecule has 2 aromatic heterocycles. The van der Waals surface area contributed by atoms with E-state index in [1.165, 1.54) is 0 Å². The molecule has 128 valence electrons. The van der Waals surface area contributed by atoms with E-state index in [-0.39, 0.29) is 24.4 Å². The maximum Gasteiger partial charge on any atom is 0.271 e. The molecule has 1 unspecified atom stereocenters. The third kappa shape index (κ3) is 3.42. The number of rotatable bonds is 3. The molecule has 7 nitrogen and oxygen atoms in total. The van der Waals surface area contributed by atoms with Crippen LogP contribution in [0.2, 0.25) is 0 Å². The second-order valence-electron chi connectivity index (χ2n) is 5.59. The van der Waals surface area contributed by atoms with Crippen LogP contribution in [0.1, 0.15) is 32.5 Å². The molecule has 24 heavy (non-hydrogen) atoms. The number of halogens is 1. The Bertz CT molecular complexity index is 731. The fourth-order valence-electron chi connectivity index (χ4n) is 2.88. The van der Waals surface area contributed by atoms with Gasteiger partial charge in [0.25, 0.3) is 5.91 Å². The van der Waals surface area contributed by atoms with Crippen LogP contribution in [-0.4, -0.2) is 45.9 Å². The number of aryl methyl sites for hydroxylation is 1. The first-order valence-corrected chi connectivity index (χ1v) is 7.45. The standard InChI is InChI=1S/C16H19N5O2.ClH/c1-20-10-12(15(17)22)7-13(20)16(23)21-6-5-19-9-14(21)11-3-2-4-18-8-11;/h2-4,7-8,10,14,19H,5-6,9H2,1H3,(H2,17,22);1H. The minimum absolute atomic E-state index is 0. The van der Waals surface area contributed by atoms with Crippen LogP contribution in [0.5, 0.6) is 0 Å². The number of nitrogens with zero attached hydrogens (tertiary/aromatic N) is 3. The second kappa shape index (κ2) is 7.46. The summed E-state index contributed by atoms with van der Waals surface area (Å²) in [7, 11) is 1.74. The molecule has 8 heteroatoms. The Balaban J connectivity index is 0.00000208. The molecule has 3 N–H and O–H groups in total. The average molecular weight is 350 g/mol. The van der Waals surface area contributed by atoms with Gasteiger partial charge in [-0.1, -0.05) is 6.07 Å². The lowest BCUT2D eigenvalue weighted by atomic mass is 10.0. The fourth-order valence-corrected chi connectivity index (χ4v) is 2.88. The Kier molecular flexibility index (Phi) is 5.58. The van der Waals surface area contributed by atoms with Gasteiger partial charge in [-0.2, -0.15) is 0 Å². The zero-order valence-electron chi connectivity index (χ0n) is 13.3. The number of nitrogens with one attached hydrogen (secondary N) is 1. The highest BCUT2D eigenvalue weighted by Crippen LogP contribution is 2.24. The van der Waals surface area contributed by atoms with Crippen molar-refractivity contribution in [3.8, 4) is 0 Å². The van der Waals surface area contributed by atoms with Gasteiger partial charge in [-0.05, 0) is 17.7 Å². The summed E-state index contributed by atoms with van der Waals surface area (Å²) in [6, 6.07) is 5.29. The Labute approximate surface area is 146 Å². The molecule has 2 amide bonds. The van der Waals surface area contributed by atoms with Crippen molar-refractivity contribution in [3.63, 3.8) is 0 Å². The van der Waals surface area contributed by atoms with Gasteiger partial charge in [0.05, 0.1) is 11.6 Å². The van der Waals surface area contributed by atoms with Crippen LogP contribution >= 0.6 is 12.4 Å². The van der Waals surface area contributed by atoms with E-state index >= 15 is 0 Å². The molecule has 0 spiro atoms. The Hall–Kier alpha value is -2.38. The van der Waals surface area contributed by atoms with Crippen LogP contribution in [0.3, 0.4) is 0 Å². The zero-order chi connectivity index (χ0) is 16.4. The summed E-state index contributed by atoms with van der Waals surface area (Å²) in [5, 5.41) is 3.31. The van der Waals surface area contributed by atoms with Crippen molar-refractivity contribution in [2.45, 2.75) is 6.04 Å². The number of carbonyl (C=O) groups is 2. The number of hydrogen-bond donors (Lipinski definition) is 2. The topological polar surface area (TPSA) is 93.2 Å². The lowest BCUT2D eigenvalue weighted by molar-refractivity contribution is 0.0624. The van der Waals surface area contributed by atoms with E-state index in [0.29, 0.717) is 24.3 Å². The molecule has 1 fully saturated rings. The molecule has 0 aromatic carbocycles. The van der Waals surface area contributed by atoms with Gasteiger partial charge in [0.15, 0.2) is 0 Å². The third-order valence-electron chi connectivity index (χ3n) is 4.08. The smallest absolute Gasteiger partial charge is 0.271 e. The highest BCUT2D eigenvalue weighted by Gasteiger charge is 2.30. The van der Waals surface area contributed by atoms with E-state index in [1.807, 2.05) is 17.0 Å². The van der Waals surface area contributed by atoms with Gasteiger partial charge in [0.1, 0.15) is 5.69 Å². The maximum absolute atomic E-state index is 12.9. The van der Waals surface area contributed by atoms with Crippen molar-refractivity contribution in [2.24, 2.45) is 12.8 Å². The van der Waals surface area contributed by atoms with Crippen LogP contribution < -0.4 is 11.1 Å². The first-order chi connectivity index (χ1) is 11.1. The van der Waals surface area contributed by atoms with Crippen molar-refractivity contribution in [3.05, 3.63) is 53.6 Å². The number of hydrogen-bond acceptors (Lipinski definition) is 4. The summed E-state index contributed by atoms with van der Waals surface area (Å²) in [4.78, 5) is 30.2. The van der Waals surface area contributed by atoms with E-state index < -0.39 is 5.91 Å². The van der Waals surface area contributed by atoms with Crippen LogP contribution in [0.4, 0.5) is 0 Å². The van der Waals surface area contributed by atoms with Gasteiger partial charge in [0.2, 0.25) is 5.91 Å². The highest BCUT2D eigenvalue weighted by molar-refractivity contribution is 5.99. The molecule has 1 saturated heterocycles. The van der Waals surface area contributed by atoms with Crippen LogP contribution in [0.15, 0.2) is 36.8 Å². The van der Waals surface area contributed by atoms with Gasteiger partial charge in [-0.3, -0.25) is 14.6 Å². The van der Waals surface area contributed by atoms with Crippen molar-refractivity contribution in [1.29, 1.82) is 0 Å². The average Bonchev–Trinajstić information content (AvgIpc) is 2.97. The molecule has 3 rings (SSSR count). The second-order valence-corrected chi connectivity index (χ2v) is 5.59. The SMILES string of the molecule is Cl.Cn1cc(C(N)=O)cc1C(=O)N1CCNCC1c1cccnc1. The molecule has 0 saturated carbocycles. The van der Waals surface area contributed by atoms with Crippen molar-refractivity contribution in [2.75, 3.05) is 19.6 Å². The molecule has 1 atom stereocenters.